The van der Waals surface area contributed by atoms with Crippen LogP contribution in [0.5, 0.6) is 11.5 Å². The largest absolute Gasteiger partial charge is 0.486 e. The van der Waals surface area contributed by atoms with Crippen LogP contribution in [0.1, 0.15) is 25.1 Å². The highest BCUT2D eigenvalue weighted by Crippen LogP contribution is 2.35. The molecule has 1 saturated heterocycles. The van der Waals surface area contributed by atoms with E-state index in [0.717, 1.165) is 11.0 Å². The molecule has 1 amide bonds. The van der Waals surface area contributed by atoms with Crippen LogP contribution in [0.4, 0.5) is 0 Å². The second-order valence-electron chi connectivity index (χ2n) is 9.91. The van der Waals surface area contributed by atoms with Gasteiger partial charge in [0.2, 0.25) is 15.9 Å². The second kappa shape index (κ2) is 10.1. The van der Waals surface area contributed by atoms with E-state index < -0.39 is 21.5 Å². The monoisotopic (exact) mass is 546 g/mol. The molecule has 4 heterocycles. The third-order valence-corrected chi connectivity index (χ3v) is 9.79. The number of fused-ring (bicyclic) bond motifs is 2. The molecule has 0 spiro atoms. The van der Waals surface area contributed by atoms with E-state index in [-0.39, 0.29) is 47.9 Å². The van der Waals surface area contributed by atoms with E-state index in [0.29, 0.717) is 34.3 Å². The van der Waals surface area contributed by atoms with Crippen LogP contribution in [0.15, 0.2) is 40.3 Å². The van der Waals surface area contributed by atoms with Crippen molar-refractivity contribution in [3.8, 4) is 11.5 Å². The number of nitrogens with zero attached hydrogens (tertiary/aromatic N) is 3. The number of aryl methyl sites for hydroxylation is 1. The summed E-state index contributed by atoms with van der Waals surface area (Å²) in [5.74, 6) is 1.31. The predicted molar refractivity (Wildman–Crippen MR) is 140 cm³/mol. The number of carbonyl (C=O) groups is 1. The van der Waals surface area contributed by atoms with Crippen LogP contribution in [0.2, 0.25) is 0 Å². The van der Waals surface area contributed by atoms with Crippen molar-refractivity contribution >= 4 is 37.5 Å². The van der Waals surface area contributed by atoms with Gasteiger partial charge in [0.1, 0.15) is 29.0 Å². The molecule has 198 valence electrons. The number of sulfonamides is 1. The first-order valence-corrected chi connectivity index (χ1v) is 14.5. The van der Waals surface area contributed by atoms with Crippen molar-refractivity contribution in [3.05, 3.63) is 45.8 Å². The molecule has 2 aliphatic heterocycles. The van der Waals surface area contributed by atoms with Gasteiger partial charge in [-0.15, -0.1) is 11.3 Å². The van der Waals surface area contributed by atoms with Gasteiger partial charge in [-0.25, -0.2) is 13.4 Å². The maximum atomic E-state index is 13.7. The maximum absolute atomic E-state index is 13.7. The normalized spacial score (nSPS) is 22.2. The Kier molecular flexibility index (Phi) is 6.99. The number of piperidine rings is 1. The molecule has 1 fully saturated rings. The molecule has 1 N–H and O–H groups in total. The van der Waals surface area contributed by atoms with Crippen molar-refractivity contribution in [2.24, 2.45) is 11.8 Å². The zero-order valence-electron chi connectivity index (χ0n) is 21.0. The lowest BCUT2D eigenvalue weighted by atomic mass is 9.94. The lowest BCUT2D eigenvalue weighted by Crippen LogP contribution is -2.43. The van der Waals surface area contributed by atoms with Crippen LogP contribution in [-0.4, -0.2) is 60.5 Å². The average molecular weight is 547 g/mol. The number of hydrogen-bond donors (Lipinski definition) is 1. The average Bonchev–Trinajstić information content (AvgIpc) is 3.21. The zero-order valence-corrected chi connectivity index (χ0v) is 22.6. The Balaban J connectivity index is 1.34. The van der Waals surface area contributed by atoms with E-state index in [9.17, 15) is 18.0 Å². The number of benzene rings is 1. The molecule has 0 radical (unpaired) electrons. The number of ether oxygens (including phenoxy) is 2. The zero-order chi connectivity index (χ0) is 26.3. The van der Waals surface area contributed by atoms with Crippen LogP contribution < -0.4 is 20.3 Å². The van der Waals surface area contributed by atoms with Gasteiger partial charge in [-0.1, -0.05) is 26.0 Å². The van der Waals surface area contributed by atoms with Crippen molar-refractivity contribution < 1.29 is 22.7 Å². The molecule has 3 atom stereocenters. The number of nitrogens with one attached hydrogen (secondary N) is 1. The molecule has 12 heteroatoms. The summed E-state index contributed by atoms with van der Waals surface area (Å²) in [7, 11) is -3.90. The molecular formula is C25H30N4O6S2. The van der Waals surface area contributed by atoms with E-state index in [2.05, 4.69) is 10.3 Å². The first kappa shape index (κ1) is 25.7. The molecule has 1 aromatic carbocycles. The fourth-order valence-corrected chi connectivity index (χ4v) is 8.42. The van der Waals surface area contributed by atoms with Crippen molar-refractivity contribution in [2.45, 2.75) is 44.7 Å². The highest BCUT2D eigenvalue weighted by atomic mass is 32.2. The Labute approximate surface area is 219 Å². The SMILES string of the molecule is Cc1sc2ncn(CC(=O)NC[C@@H]3COc4ccccc4O3)c(=O)c2c1S(=O)(=O)N1C[C@H](C)C[C@H](C)C1. The van der Waals surface area contributed by atoms with Crippen molar-refractivity contribution in [1.82, 2.24) is 19.2 Å². The Bertz CT molecular complexity index is 1490. The van der Waals surface area contributed by atoms with Gasteiger partial charge in [0.15, 0.2) is 11.5 Å². The molecule has 37 heavy (non-hydrogen) atoms. The quantitative estimate of drug-likeness (QED) is 0.504. The Morgan fingerprint density at radius 1 is 1.19 bits per heavy atom. The number of rotatable bonds is 6. The first-order chi connectivity index (χ1) is 17.6. The molecule has 10 nitrogen and oxygen atoms in total. The third-order valence-electron chi connectivity index (χ3n) is 6.64. The Morgan fingerprint density at radius 3 is 2.62 bits per heavy atom. The van der Waals surface area contributed by atoms with Crippen LogP contribution >= 0.6 is 11.3 Å². The molecule has 2 aliphatic rings. The maximum Gasteiger partial charge on any atom is 0.263 e. The van der Waals surface area contributed by atoms with E-state index in [4.69, 9.17) is 9.47 Å². The van der Waals surface area contributed by atoms with Crippen molar-refractivity contribution in [1.29, 1.82) is 0 Å². The van der Waals surface area contributed by atoms with Gasteiger partial charge in [0, 0.05) is 18.0 Å². The minimum Gasteiger partial charge on any atom is -0.486 e. The summed E-state index contributed by atoms with van der Waals surface area (Å²) in [6.07, 6.45) is 1.88. The van der Waals surface area contributed by atoms with Gasteiger partial charge < -0.3 is 14.8 Å². The minimum absolute atomic E-state index is 0.00692. The van der Waals surface area contributed by atoms with E-state index in [1.54, 1.807) is 13.0 Å². The van der Waals surface area contributed by atoms with E-state index in [1.807, 2.05) is 32.0 Å². The number of thiophene rings is 1. The summed E-state index contributed by atoms with van der Waals surface area (Å²) in [6.45, 7) is 6.78. The molecule has 5 rings (SSSR count). The Hall–Kier alpha value is -2.96. The highest BCUT2D eigenvalue weighted by molar-refractivity contribution is 7.89. The van der Waals surface area contributed by atoms with Gasteiger partial charge in [-0.2, -0.15) is 4.31 Å². The summed E-state index contributed by atoms with van der Waals surface area (Å²) in [6, 6.07) is 7.30. The van der Waals surface area contributed by atoms with Gasteiger partial charge >= 0.3 is 0 Å². The fourth-order valence-electron chi connectivity index (χ4n) is 5.07. The third kappa shape index (κ3) is 5.10. The number of carbonyl (C=O) groups excluding carboxylic acids is 1. The molecule has 0 unspecified atom stereocenters. The fraction of sp³-hybridized carbons (Fsp3) is 0.480. The molecule has 0 saturated carbocycles. The van der Waals surface area contributed by atoms with Gasteiger partial charge in [-0.05, 0) is 37.3 Å². The van der Waals surface area contributed by atoms with E-state index >= 15 is 0 Å². The van der Waals surface area contributed by atoms with Crippen LogP contribution in [0, 0.1) is 18.8 Å². The summed E-state index contributed by atoms with van der Waals surface area (Å²) in [5, 5.41) is 2.81. The first-order valence-electron chi connectivity index (χ1n) is 12.3. The number of para-hydroxylation sites is 2. The number of hydrogen-bond acceptors (Lipinski definition) is 8. The molecular weight excluding hydrogens is 516 g/mol. The van der Waals surface area contributed by atoms with E-state index in [1.165, 1.54) is 22.0 Å². The number of amides is 1. The van der Waals surface area contributed by atoms with Crippen molar-refractivity contribution in [3.63, 3.8) is 0 Å². The lowest BCUT2D eigenvalue weighted by Gasteiger charge is -2.34. The predicted octanol–water partition coefficient (Wildman–Crippen LogP) is 2.39. The smallest absolute Gasteiger partial charge is 0.263 e. The molecule has 2 aromatic heterocycles. The van der Waals surface area contributed by atoms with Gasteiger partial charge in [0.25, 0.3) is 5.56 Å². The highest BCUT2D eigenvalue weighted by Gasteiger charge is 2.36. The summed E-state index contributed by atoms with van der Waals surface area (Å²) < 4.78 is 41.5. The lowest BCUT2D eigenvalue weighted by molar-refractivity contribution is -0.122. The Morgan fingerprint density at radius 2 is 1.89 bits per heavy atom. The molecule has 0 bridgehead atoms. The van der Waals surface area contributed by atoms with Crippen LogP contribution in [0.25, 0.3) is 10.2 Å². The molecule has 3 aromatic rings. The standard InChI is InChI=1S/C25H30N4O6S2/c1-15-8-16(2)11-29(10-15)37(32,33)23-17(3)36-24-22(23)25(31)28(14-27-24)12-21(30)26-9-18-13-34-19-6-4-5-7-20(19)35-18/h4-7,14-16,18H,8-13H2,1-3H3,(H,26,30)/t15-,16+,18-/m1/s1. The minimum atomic E-state index is -3.90. The van der Waals surface area contributed by atoms with Crippen LogP contribution in [0.3, 0.4) is 0 Å². The topological polar surface area (TPSA) is 120 Å². The summed E-state index contributed by atoms with van der Waals surface area (Å²) >= 11 is 1.18. The van der Waals surface area contributed by atoms with Crippen molar-refractivity contribution in [2.75, 3.05) is 26.2 Å². The van der Waals surface area contributed by atoms with Crippen LogP contribution in [-0.2, 0) is 21.4 Å². The summed E-state index contributed by atoms with van der Waals surface area (Å²) in [5.41, 5.74) is -0.549. The van der Waals surface area contributed by atoms with Gasteiger partial charge in [-0.3, -0.25) is 14.2 Å². The number of aromatic nitrogens is 2. The summed E-state index contributed by atoms with van der Waals surface area (Å²) in [4.78, 5) is 31.3. The van der Waals surface area contributed by atoms with Gasteiger partial charge in [0.05, 0.1) is 18.3 Å². The molecule has 0 aliphatic carbocycles. The second-order valence-corrected chi connectivity index (χ2v) is 13.0.